The zero-order valence-corrected chi connectivity index (χ0v) is 16.7. The highest BCUT2D eigenvalue weighted by Gasteiger charge is 2.21. The van der Waals surface area contributed by atoms with Gasteiger partial charge in [0, 0.05) is 39.3 Å². The van der Waals surface area contributed by atoms with Crippen molar-refractivity contribution < 1.29 is 24.0 Å². The summed E-state index contributed by atoms with van der Waals surface area (Å²) < 4.78 is 10.3. The lowest BCUT2D eigenvalue weighted by atomic mass is 10.1. The molecule has 0 aromatic heterocycles. The Labute approximate surface area is 168 Å². The maximum Gasteiger partial charge on any atom is 0.338 e. The molecule has 9 nitrogen and oxygen atoms in total. The van der Waals surface area contributed by atoms with Crippen molar-refractivity contribution in [2.45, 2.75) is 6.54 Å². The third-order valence-electron chi connectivity index (χ3n) is 4.24. The lowest BCUT2D eigenvalue weighted by Gasteiger charge is -2.19. The zero-order chi connectivity index (χ0) is 21.6. The molecule has 0 saturated carbocycles. The van der Waals surface area contributed by atoms with Crippen LogP contribution in [-0.2, 0) is 16.1 Å². The summed E-state index contributed by atoms with van der Waals surface area (Å²) in [5.41, 5.74) is 0.956. The maximum atomic E-state index is 12.3. The van der Waals surface area contributed by atoms with Gasteiger partial charge in [-0.3, -0.25) is 14.9 Å². The Bertz CT molecular complexity index is 913. The fourth-order valence-corrected chi connectivity index (χ4v) is 2.67. The molecular formula is C20H23N3O6. The van der Waals surface area contributed by atoms with Crippen LogP contribution in [0.4, 0.5) is 11.4 Å². The summed E-state index contributed by atoms with van der Waals surface area (Å²) in [5, 5.41) is 11.2. The van der Waals surface area contributed by atoms with E-state index in [1.807, 2.05) is 18.2 Å². The van der Waals surface area contributed by atoms with Gasteiger partial charge in [-0.15, -0.1) is 0 Å². The SMILES string of the molecule is COc1ccccc1CN(C)C(=O)COC(=O)c1ccc(N(C)C)c([N+](=O)[O-])c1. The molecule has 0 spiro atoms. The molecule has 2 aromatic rings. The highest BCUT2D eigenvalue weighted by atomic mass is 16.6. The van der Waals surface area contributed by atoms with Crippen LogP contribution in [0, 0.1) is 10.1 Å². The fraction of sp³-hybridized carbons (Fsp3) is 0.300. The molecule has 0 aliphatic carbocycles. The van der Waals surface area contributed by atoms with E-state index in [2.05, 4.69) is 0 Å². The largest absolute Gasteiger partial charge is 0.496 e. The molecule has 2 rings (SSSR count). The number of methoxy groups -OCH3 is 1. The normalized spacial score (nSPS) is 10.2. The van der Waals surface area contributed by atoms with Crippen LogP contribution in [0.5, 0.6) is 5.75 Å². The second-order valence-electron chi connectivity index (χ2n) is 6.49. The van der Waals surface area contributed by atoms with Gasteiger partial charge in [-0.05, 0) is 18.2 Å². The second kappa shape index (κ2) is 9.54. The third-order valence-corrected chi connectivity index (χ3v) is 4.24. The minimum absolute atomic E-state index is 0.00230. The van der Waals surface area contributed by atoms with Crippen LogP contribution in [0.1, 0.15) is 15.9 Å². The number of amides is 1. The molecule has 9 heteroatoms. The van der Waals surface area contributed by atoms with E-state index >= 15 is 0 Å². The first-order chi connectivity index (χ1) is 13.7. The second-order valence-corrected chi connectivity index (χ2v) is 6.49. The molecule has 0 aliphatic rings. The van der Waals surface area contributed by atoms with Crippen molar-refractivity contribution in [3.05, 3.63) is 63.7 Å². The average molecular weight is 401 g/mol. The average Bonchev–Trinajstić information content (AvgIpc) is 2.71. The van der Waals surface area contributed by atoms with Crippen LogP contribution in [0.15, 0.2) is 42.5 Å². The van der Waals surface area contributed by atoms with Gasteiger partial charge in [-0.25, -0.2) is 4.79 Å². The smallest absolute Gasteiger partial charge is 0.338 e. The molecule has 0 radical (unpaired) electrons. The molecular weight excluding hydrogens is 378 g/mol. The number of benzene rings is 2. The number of esters is 1. The third kappa shape index (κ3) is 5.44. The number of nitrogens with zero attached hydrogens (tertiary/aromatic N) is 3. The molecule has 154 valence electrons. The predicted molar refractivity (Wildman–Crippen MR) is 107 cm³/mol. The summed E-state index contributed by atoms with van der Waals surface area (Å²) in [6.07, 6.45) is 0. The first kappa shape index (κ1) is 21.7. The Morgan fingerprint density at radius 3 is 2.41 bits per heavy atom. The number of hydrogen-bond acceptors (Lipinski definition) is 7. The minimum atomic E-state index is -0.808. The fourth-order valence-electron chi connectivity index (χ4n) is 2.67. The van der Waals surface area contributed by atoms with E-state index in [0.717, 1.165) is 11.6 Å². The van der Waals surface area contributed by atoms with Gasteiger partial charge in [-0.2, -0.15) is 0 Å². The number of ether oxygens (including phenoxy) is 2. The van der Waals surface area contributed by atoms with Gasteiger partial charge in [0.15, 0.2) is 6.61 Å². The van der Waals surface area contributed by atoms with E-state index in [1.54, 1.807) is 39.2 Å². The number of nitro benzene ring substituents is 1. The van der Waals surface area contributed by atoms with E-state index in [4.69, 9.17) is 9.47 Å². The molecule has 0 N–H and O–H groups in total. The van der Waals surface area contributed by atoms with Crippen molar-refractivity contribution >= 4 is 23.3 Å². The van der Waals surface area contributed by atoms with Crippen LogP contribution in [0.2, 0.25) is 0 Å². The number of nitro groups is 1. The highest BCUT2D eigenvalue weighted by molar-refractivity contribution is 5.93. The van der Waals surface area contributed by atoms with Crippen molar-refractivity contribution in [2.24, 2.45) is 0 Å². The highest BCUT2D eigenvalue weighted by Crippen LogP contribution is 2.28. The van der Waals surface area contributed by atoms with Gasteiger partial charge in [0.05, 0.1) is 17.6 Å². The monoisotopic (exact) mass is 401 g/mol. The first-order valence-corrected chi connectivity index (χ1v) is 8.73. The quantitative estimate of drug-likeness (QED) is 0.380. The van der Waals surface area contributed by atoms with Crippen molar-refractivity contribution in [1.29, 1.82) is 0 Å². The topological polar surface area (TPSA) is 102 Å². The summed E-state index contributed by atoms with van der Waals surface area (Å²) in [4.78, 5) is 38.2. The van der Waals surface area contributed by atoms with Gasteiger partial charge in [0.25, 0.3) is 11.6 Å². The standard InChI is InChI=1S/C20H23N3O6/c1-21(2)16-10-9-14(11-17(16)23(26)27)20(25)29-13-19(24)22(3)12-15-7-5-6-8-18(15)28-4/h5-11H,12-13H2,1-4H3. The number of carbonyl (C=O) groups excluding carboxylic acids is 2. The summed E-state index contributed by atoms with van der Waals surface area (Å²) in [6, 6.07) is 11.3. The summed E-state index contributed by atoms with van der Waals surface area (Å²) in [7, 11) is 6.45. The molecule has 2 aromatic carbocycles. The van der Waals surface area contributed by atoms with Gasteiger partial charge < -0.3 is 19.3 Å². The summed E-state index contributed by atoms with van der Waals surface area (Å²) >= 11 is 0. The molecule has 0 bridgehead atoms. The Morgan fingerprint density at radius 2 is 1.79 bits per heavy atom. The number of likely N-dealkylation sites (N-methyl/N-ethyl adjacent to an activating group) is 1. The van der Waals surface area contributed by atoms with Crippen LogP contribution in [0.25, 0.3) is 0 Å². The van der Waals surface area contributed by atoms with Gasteiger partial charge >= 0.3 is 5.97 Å². The number of hydrogen-bond donors (Lipinski definition) is 0. The molecule has 0 atom stereocenters. The van der Waals surface area contributed by atoms with Gasteiger partial charge in [0.1, 0.15) is 11.4 Å². The van der Waals surface area contributed by atoms with Crippen LogP contribution in [-0.4, -0.2) is 56.6 Å². The zero-order valence-electron chi connectivity index (χ0n) is 16.7. The van der Waals surface area contributed by atoms with Gasteiger partial charge in [-0.1, -0.05) is 18.2 Å². The number of rotatable bonds is 8. The Kier molecular flexibility index (Phi) is 7.13. The molecule has 0 unspecified atom stereocenters. The van der Waals surface area contributed by atoms with E-state index in [0.29, 0.717) is 11.4 Å². The van der Waals surface area contributed by atoms with E-state index in [-0.39, 0.29) is 17.8 Å². The van der Waals surface area contributed by atoms with E-state index in [9.17, 15) is 19.7 Å². The molecule has 0 fully saturated rings. The maximum absolute atomic E-state index is 12.3. The Hall–Kier alpha value is -3.62. The molecule has 1 amide bonds. The first-order valence-electron chi connectivity index (χ1n) is 8.73. The molecule has 0 saturated heterocycles. The van der Waals surface area contributed by atoms with Gasteiger partial charge in [0.2, 0.25) is 0 Å². The Balaban J connectivity index is 2.02. The summed E-state index contributed by atoms with van der Waals surface area (Å²) in [6.45, 7) is -0.197. The van der Waals surface area contributed by atoms with Crippen LogP contribution in [0.3, 0.4) is 0 Å². The Morgan fingerprint density at radius 1 is 1.10 bits per heavy atom. The number of carbonyl (C=O) groups is 2. The van der Waals surface area contributed by atoms with Crippen molar-refractivity contribution in [3.63, 3.8) is 0 Å². The molecule has 0 aliphatic heterocycles. The van der Waals surface area contributed by atoms with E-state index < -0.39 is 23.4 Å². The van der Waals surface area contributed by atoms with Crippen molar-refractivity contribution in [1.82, 2.24) is 4.90 Å². The van der Waals surface area contributed by atoms with Crippen LogP contribution >= 0.6 is 0 Å². The van der Waals surface area contributed by atoms with Crippen molar-refractivity contribution in [3.8, 4) is 5.75 Å². The van der Waals surface area contributed by atoms with Crippen LogP contribution < -0.4 is 9.64 Å². The lowest BCUT2D eigenvalue weighted by Crippen LogP contribution is -2.31. The van der Waals surface area contributed by atoms with E-state index in [1.165, 1.54) is 17.0 Å². The lowest BCUT2D eigenvalue weighted by molar-refractivity contribution is -0.384. The summed E-state index contributed by atoms with van der Waals surface area (Å²) in [5.74, 6) is -0.571. The van der Waals surface area contributed by atoms with Crippen molar-refractivity contribution in [2.75, 3.05) is 39.8 Å². The minimum Gasteiger partial charge on any atom is -0.496 e. The molecule has 29 heavy (non-hydrogen) atoms. The molecule has 0 heterocycles. The predicted octanol–water partition coefficient (Wildman–Crippen LogP) is 2.48. The number of anilines is 1. The number of para-hydroxylation sites is 1.